The SMILES string of the molecule is CCN(CCOC(=O)c1ccc(C(C)(C)C)cc1)c1ccccc1. The molecule has 0 aliphatic rings. The Morgan fingerprint density at radius 1 is 1.00 bits per heavy atom. The Hall–Kier alpha value is -2.29. The first-order chi connectivity index (χ1) is 11.4. The van der Waals surface area contributed by atoms with E-state index < -0.39 is 0 Å². The fourth-order valence-corrected chi connectivity index (χ4v) is 2.55. The Labute approximate surface area is 145 Å². The third-order valence-corrected chi connectivity index (χ3v) is 4.08. The van der Waals surface area contributed by atoms with Crippen molar-refractivity contribution in [3.8, 4) is 0 Å². The van der Waals surface area contributed by atoms with E-state index in [0.717, 1.165) is 12.2 Å². The lowest BCUT2D eigenvalue weighted by Gasteiger charge is -2.22. The largest absolute Gasteiger partial charge is 0.460 e. The van der Waals surface area contributed by atoms with Crippen LogP contribution in [0.25, 0.3) is 0 Å². The summed E-state index contributed by atoms with van der Waals surface area (Å²) in [5.74, 6) is -0.264. The number of hydrogen-bond acceptors (Lipinski definition) is 3. The van der Waals surface area contributed by atoms with Crippen LogP contribution in [0.3, 0.4) is 0 Å². The first-order valence-corrected chi connectivity index (χ1v) is 8.49. The van der Waals surface area contributed by atoms with Crippen molar-refractivity contribution >= 4 is 11.7 Å². The predicted molar refractivity (Wildman–Crippen MR) is 99.8 cm³/mol. The van der Waals surface area contributed by atoms with Gasteiger partial charge in [-0.2, -0.15) is 0 Å². The molecule has 0 aromatic heterocycles. The van der Waals surface area contributed by atoms with Crippen LogP contribution in [0.15, 0.2) is 54.6 Å². The van der Waals surface area contributed by atoms with Gasteiger partial charge >= 0.3 is 5.97 Å². The van der Waals surface area contributed by atoms with E-state index in [1.807, 2.05) is 42.5 Å². The molecule has 3 heteroatoms. The minimum Gasteiger partial charge on any atom is -0.460 e. The van der Waals surface area contributed by atoms with Gasteiger partial charge in [-0.25, -0.2) is 4.79 Å². The van der Waals surface area contributed by atoms with E-state index in [4.69, 9.17) is 4.74 Å². The third kappa shape index (κ3) is 4.85. The average molecular weight is 325 g/mol. The Morgan fingerprint density at radius 2 is 1.62 bits per heavy atom. The van der Waals surface area contributed by atoms with Crippen LogP contribution in [0, 0.1) is 0 Å². The fourth-order valence-electron chi connectivity index (χ4n) is 2.55. The van der Waals surface area contributed by atoms with Gasteiger partial charge in [0.05, 0.1) is 12.1 Å². The maximum absolute atomic E-state index is 12.2. The van der Waals surface area contributed by atoms with Crippen molar-refractivity contribution in [1.82, 2.24) is 0 Å². The predicted octanol–water partition coefficient (Wildman–Crippen LogP) is 4.67. The zero-order valence-corrected chi connectivity index (χ0v) is 15.1. The topological polar surface area (TPSA) is 29.5 Å². The number of para-hydroxylation sites is 1. The highest BCUT2D eigenvalue weighted by Gasteiger charge is 2.15. The van der Waals surface area contributed by atoms with Crippen LogP contribution in [-0.4, -0.2) is 25.7 Å². The second kappa shape index (κ2) is 8.00. The summed E-state index contributed by atoms with van der Waals surface area (Å²) in [5, 5.41) is 0. The van der Waals surface area contributed by atoms with Crippen LogP contribution in [0.5, 0.6) is 0 Å². The van der Waals surface area contributed by atoms with Crippen molar-refractivity contribution in [2.24, 2.45) is 0 Å². The van der Waals surface area contributed by atoms with Crippen LogP contribution >= 0.6 is 0 Å². The highest BCUT2D eigenvalue weighted by atomic mass is 16.5. The summed E-state index contributed by atoms with van der Waals surface area (Å²) in [7, 11) is 0. The summed E-state index contributed by atoms with van der Waals surface area (Å²) < 4.78 is 5.43. The lowest BCUT2D eigenvalue weighted by molar-refractivity contribution is 0.0515. The van der Waals surface area contributed by atoms with Crippen molar-refractivity contribution in [2.75, 3.05) is 24.6 Å². The molecule has 2 aromatic rings. The molecule has 0 fully saturated rings. The summed E-state index contributed by atoms with van der Waals surface area (Å²) >= 11 is 0. The normalized spacial score (nSPS) is 11.2. The van der Waals surface area contributed by atoms with Crippen LogP contribution in [0.1, 0.15) is 43.6 Å². The van der Waals surface area contributed by atoms with E-state index in [0.29, 0.717) is 18.7 Å². The van der Waals surface area contributed by atoms with Gasteiger partial charge in [0.15, 0.2) is 0 Å². The fraction of sp³-hybridized carbons (Fsp3) is 0.381. The molecule has 0 N–H and O–H groups in total. The number of esters is 1. The Bertz CT molecular complexity index is 642. The Kier molecular flexibility index (Phi) is 6.02. The van der Waals surface area contributed by atoms with Crippen molar-refractivity contribution in [2.45, 2.75) is 33.1 Å². The van der Waals surface area contributed by atoms with Crippen molar-refractivity contribution in [1.29, 1.82) is 0 Å². The Morgan fingerprint density at radius 3 is 2.17 bits per heavy atom. The molecule has 24 heavy (non-hydrogen) atoms. The maximum Gasteiger partial charge on any atom is 0.338 e. The van der Waals surface area contributed by atoms with E-state index in [-0.39, 0.29) is 11.4 Å². The first-order valence-electron chi connectivity index (χ1n) is 8.49. The van der Waals surface area contributed by atoms with Gasteiger partial charge in [0.2, 0.25) is 0 Å². The first kappa shape index (κ1) is 18.1. The molecule has 3 nitrogen and oxygen atoms in total. The van der Waals surface area contributed by atoms with E-state index in [9.17, 15) is 4.79 Å². The van der Waals surface area contributed by atoms with Gasteiger partial charge in [0, 0.05) is 12.2 Å². The van der Waals surface area contributed by atoms with Crippen molar-refractivity contribution < 1.29 is 9.53 Å². The summed E-state index contributed by atoms with van der Waals surface area (Å²) in [4.78, 5) is 14.4. The molecule has 128 valence electrons. The van der Waals surface area contributed by atoms with Crippen molar-refractivity contribution in [3.05, 3.63) is 65.7 Å². The standard InChI is InChI=1S/C21H27NO2/c1-5-22(19-9-7-6-8-10-19)15-16-24-20(23)17-11-13-18(14-12-17)21(2,3)4/h6-14H,5,15-16H2,1-4H3. The summed E-state index contributed by atoms with van der Waals surface area (Å²) in [6.45, 7) is 10.5. The summed E-state index contributed by atoms with van der Waals surface area (Å²) in [6.07, 6.45) is 0. The summed E-state index contributed by atoms with van der Waals surface area (Å²) in [6, 6.07) is 17.8. The third-order valence-electron chi connectivity index (χ3n) is 4.08. The van der Waals surface area contributed by atoms with Gasteiger partial charge in [0.1, 0.15) is 6.61 Å². The molecule has 0 heterocycles. The van der Waals surface area contributed by atoms with E-state index in [2.05, 4.69) is 44.7 Å². The van der Waals surface area contributed by atoms with Crippen LogP contribution in [-0.2, 0) is 10.2 Å². The molecule has 0 saturated carbocycles. The van der Waals surface area contributed by atoms with E-state index in [1.54, 1.807) is 0 Å². The van der Waals surface area contributed by atoms with Gasteiger partial charge in [-0.1, -0.05) is 51.1 Å². The summed E-state index contributed by atoms with van der Waals surface area (Å²) in [5.41, 5.74) is 3.04. The van der Waals surface area contributed by atoms with Crippen LogP contribution in [0.2, 0.25) is 0 Å². The Balaban J connectivity index is 1.89. The quantitative estimate of drug-likeness (QED) is 0.723. The number of anilines is 1. The lowest BCUT2D eigenvalue weighted by atomic mass is 9.87. The minimum absolute atomic E-state index is 0.0831. The van der Waals surface area contributed by atoms with Crippen LogP contribution < -0.4 is 4.90 Å². The molecule has 0 unspecified atom stereocenters. The average Bonchev–Trinajstić information content (AvgIpc) is 2.58. The highest BCUT2D eigenvalue weighted by molar-refractivity contribution is 5.89. The number of ether oxygens (including phenoxy) is 1. The molecule has 2 rings (SSSR count). The number of benzene rings is 2. The monoisotopic (exact) mass is 325 g/mol. The molecule has 0 aliphatic heterocycles. The molecule has 0 bridgehead atoms. The van der Waals surface area contributed by atoms with E-state index >= 15 is 0 Å². The van der Waals surface area contributed by atoms with Crippen molar-refractivity contribution in [3.63, 3.8) is 0 Å². The number of nitrogens with zero attached hydrogens (tertiary/aromatic N) is 1. The van der Waals surface area contributed by atoms with Gasteiger partial charge < -0.3 is 9.64 Å². The molecule has 0 saturated heterocycles. The molecule has 0 atom stereocenters. The zero-order valence-electron chi connectivity index (χ0n) is 15.1. The van der Waals surface area contributed by atoms with Gasteiger partial charge in [-0.15, -0.1) is 0 Å². The smallest absolute Gasteiger partial charge is 0.338 e. The number of hydrogen-bond donors (Lipinski definition) is 0. The molecule has 0 amide bonds. The molecule has 0 radical (unpaired) electrons. The number of carbonyl (C=O) groups excluding carboxylic acids is 1. The number of carbonyl (C=O) groups is 1. The molecular formula is C21H27NO2. The molecular weight excluding hydrogens is 298 g/mol. The highest BCUT2D eigenvalue weighted by Crippen LogP contribution is 2.22. The second-order valence-electron chi connectivity index (χ2n) is 6.88. The second-order valence-corrected chi connectivity index (χ2v) is 6.88. The minimum atomic E-state index is -0.264. The molecule has 2 aromatic carbocycles. The molecule has 0 aliphatic carbocycles. The number of likely N-dealkylation sites (N-methyl/N-ethyl adjacent to an activating group) is 1. The zero-order chi connectivity index (χ0) is 17.6. The van der Waals surface area contributed by atoms with Gasteiger partial charge in [0.25, 0.3) is 0 Å². The van der Waals surface area contributed by atoms with E-state index in [1.165, 1.54) is 5.56 Å². The molecule has 0 spiro atoms. The number of rotatable bonds is 6. The van der Waals surface area contributed by atoms with Crippen LogP contribution in [0.4, 0.5) is 5.69 Å². The lowest BCUT2D eigenvalue weighted by Crippen LogP contribution is -2.28. The maximum atomic E-state index is 12.2. The van der Waals surface area contributed by atoms with Gasteiger partial charge in [-0.3, -0.25) is 0 Å². The van der Waals surface area contributed by atoms with Gasteiger partial charge in [-0.05, 0) is 42.2 Å².